The third kappa shape index (κ3) is 3.13. The normalized spacial score (nSPS) is 16.7. The van der Waals surface area contributed by atoms with Crippen LogP contribution in [0.25, 0.3) is 16.9 Å². The molecular formula is C23H19NO5S. The van der Waals surface area contributed by atoms with Gasteiger partial charge in [0.05, 0.1) is 12.0 Å². The highest BCUT2D eigenvalue weighted by atomic mass is 32.2. The minimum atomic E-state index is -3.95. The number of sulfonamides is 1. The lowest BCUT2D eigenvalue weighted by Crippen LogP contribution is -2.37. The SMILES string of the molecule is COc1cccc(-c2cccc(C(O)=C3C(=O)c4ccccc4S(=O)(=O)N3C)c2)c1. The van der Waals surface area contributed by atoms with E-state index >= 15 is 0 Å². The Hall–Kier alpha value is -3.58. The molecule has 30 heavy (non-hydrogen) atoms. The molecule has 3 aromatic rings. The second-order valence-corrected chi connectivity index (χ2v) is 8.75. The number of hydrogen-bond acceptors (Lipinski definition) is 5. The number of likely N-dealkylation sites (N-methyl/N-ethyl adjacent to an activating group) is 1. The van der Waals surface area contributed by atoms with Gasteiger partial charge in [-0.1, -0.05) is 42.5 Å². The summed E-state index contributed by atoms with van der Waals surface area (Å²) in [5.41, 5.74) is 1.74. The Morgan fingerprint density at radius 3 is 2.33 bits per heavy atom. The number of Topliss-reactive ketones (excluding diaryl/α,β-unsaturated/α-hetero) is 1. The Morgan fingerprint density at radius 2 is 1.60 bits per heavy atom. The molecule has 152 valence electrons. The van der Waals surface area contributed by atoms with Crippen LogP contribution in [-0.2, 0) is 10.0 Å². The molecule has 0 atom stereocenters. The van der Waals surface area contributed by atoms with Crippen LogP contribution in [0, 0.1) is 0 Å². The van der Waals surface area contributed by atoms with Crippen molar-refractivity contribution < 1.29 is 23.1 Å². The molecule has 1 aliphatic heterocycles. The van der Waals surface area contributed by atoms with Gasteiger partial charge in [-0.2, -0.15) is 0 Å². The molecule has 0 saturated carbocycles. The van der Waals surface area contributed by atoms with Crippen molar-refractivity contribution in [3.8, 4) is 16.9 Å². The third-order valence-corrected chi connectivity index (χ3v) is 6.88. The molecule has 1 heterocycles. The summed E-state index contributed by atoms with van der Waals surface area (Å²) in [6, 6.07) is 20.3. The predicted molar refractivity (Wildman–Crippen MR) is 114 cm³/mol. The molecule has 4 rings (SSSR count). The van der Waals surface area contributed by atoms with Crippen molar-refractivity contribution in [3.63, 3.8) is 0 Å². The highest BCUT2D eigenvalue weighted by Gasteiger charge is 2.39. The van der Waals surface area contributed by atoms with Crippen molar-refractivity contribution in [2.24, 2.45) is 0 Å². The maximum absolute atomic E-state index is 13.0. The largest absolute Gasteiger partial charge is 0.505 e. The quantitative estimate of drug-likeness (QED) is 0.508. The number of hydrogen-bond donors (Lipinski definition) is 1. The van der Waals surface area contributed by atoms with E-state index in [0.29, 0.717) is 11.3 Å². The number of methoxy groups -OCH3 is 1. The van der Waals surface area contributed by atoms with Gasteiger partial charge < -0.3 is 9.84 Å². The number of aliphatic hydroxyl groups excluding tert-OH is 1. The van der Waals surface area contributed by atoms with Gasteiger partial charge in [0.25, 0.3) is 10.0 Å². The van der Waals surface area contributed by atoms with E-state index in [0.717, 1.165) is 15.4 Å². The second kappa shape index (κ2) is 7.35. The molecule has 0 bridgehead atoms. The second-order valence-electron chi connectivity index (χ2n) is 6.81. The van der Waals surface area contributed by atoms with Crippen molar-refractivity contribution in [2.45, 2.75) is 4.90 Å². The maximum Gasteiger partial charge on any atom is 0.265 e. The van der Waals surface area contributed by atoms with E-state index in [9.17, 15) is 18.3 Å². The van der Waals surface area contributed by atoms with Gasteiger partial charge in [0.2, 0.25) is 5.78 Å². The molecule has 7 heteroatoms. The molecular weight excluding hydrogens is 402 g/mol. The average molecular weight is 421 g/mol. The van der Waals surface area contributed by atoms with E-state index in [4.69, 9.17) is 4.74 Å². The van der Waals surface area contributed by atoms with Gasteiger partial charge in [-0.15, -0.1) is 0 Å². The van der Waals surface area contributed by atoms with Gasteiger partial charge in [0.1, 0.15) is 11.4 Å². The fourth-order valence-electron chi connectivity index (χ4n) is 3.46. The Kier molecular flexibility index (Phi) is 4.83. The summed E-state index contributed by atoms with van der Waals surface area (Å²) in [7, 11) is -1.11. The minimum absolute atomic E-state index is 0.0427. The first-order chi connectivity index (χ1) is 14.3. The third-order valence-electron chi connectivity index (χ3n) is 5.06. The molecule has 0 fully saturated rings. The van der Waals surface area contributed by atoms with Gasteiger partial charge in [-0.3, -0.25) is 9.10 Å². The number of allylic oxidation sites excluding steroid dienone is 1. The number of aliphatic hydroxyl groups is 1. The van der Waals surface area contributed by atoms with E-state index < -0.39 is 21.6 Å². The zero-order valence-corrected chi connectivity index (χ0v) is 17.2. The molecule has 1 N–H and O–H groups in total. The number of nitrogens with zero attached hydrogens (tertiary/aromatic N) is 1. The summed E-state index contributed by atoms with van der Waals surface area (Å²) in [4.78, 5) is 13.0. The molecule has 0 amide bonds. The van der Waals surface area contributed by atoms with Crippen LogP contribution in [0.15, 0.2) is 83.4 Å². The first kappa shape index (κ1) is 19.7. The van der Waals surface area contributed by atoms with E-state index in [2.05, 4.69) is 0 Å². The summed E-state index contributed by atoms with van der Waals surface area (Å²) in [5.74, 6) is -0.261. The predicted octanol–water partition coefficient (Wildman–Crippen LogP) is 4.11. The fourth-order valence-corrected chi connectivity index (χ4v) is 4.85. The summed E-state index contributed by atoms with van der Waals surface area (Å²) in [6.07, 6.45) is 0. The topological polar surface area (TPSA) is 83.9 Å². The first-order valence-electron chi connectivity index (χ1n) is 9.15. The van der Waals surface area contributed by atoms with E-state index in [-0.39, 0.29) is 16.2 Å². The number of fused-ring (bicyclic) bond motifs is 1. The number of ketones is 1. The van der Waals surface area contributed by atoms with Gasteiger partial charge in [0, 0.05) is 18.2 Å². The van der Waals surface area contributed by atoms with Crippen molar-refractivity contribution in [1.29, 1.82) is 0 Å². The lowest BCUT2D eigenvalue weighted by atomic mass is 10.00. The molecule has 0 aromatic heterocycles. The smallest absolute Gasteiger partial charge is 0.265 e. The van der Waals surface area contributed by atoms with Crippen LogP contribution < -0.4 is 4.74 Å². The standard InChI is InChI=1S/C23H19NO5S/c1-24-21(23(26)19-11-3-4-12-20(19)30(24,27)28)22(25)17-9-5-7-15(13-17)16-8-6-10-18(14-16)29-2/h3-14,25H,1-2H3. The van der Waals surface area contributed by atoms with E-state index in [1.165, 1.54) is 19.2 Å². The summed E-state index contributed by atoms with van der Waals surface area (Å²) in [6.45, 7) is 0. The molecule has 0 saturated heterocycles. The molecule has 0 spiro atoms. The summed E-state index contributed by atoms with van der Waals surface area (Å²) >= 11 is 0. The molecule has 0 aliphatic carbocycles. The zero-order chi connectivity index (χ0) is 21.5. The monoisotopic (exact) mass is 421 g/mol. The highest BCUT2D eigenvalue weighted by Crippen LogP contribution is 2.35. The maximum atomic E-state index is 13.0. The molecule has 1 aliphatic rings. The van der Waals surface area contributed by atoms with Gasteiger partial charge in [0.15, 0.2) is 5.76 Å². The lowest BCUT2D eigenvalue weighted by Gasteiger charge is -2.28. The number of rotatable bonds is 3. The van der Waals surface area contributed by atoms with E-state index in [1.54, 1.807) is 37.4 Å². The first-order valence-corrected chi connectivity index (χ1v) is 10.6. The lowest BCUT2D eigenvalue weighted by molar-refractivity contribution is 0.100. The van der Waals surface area contributed by atoms with Gasteiger partial charge in [-0.05, 0) is 41.5 Å². The number of carbonyl (C=O) groups is 1. The van der Waals surface area contributed by atoms with Crippen LogP contribution in [0.2, 0.25) is 0 Å². The Balaban J connectivity index is 1.86. The zero-order valence-electron chi connectivity index (χ0n) is 16.4. The molecule has 0 radical (unpaired) electrons. The van der Waals surface area contributed by atoms with Crippen molar-refractivity contribution in [2.75, 3.05) is 14.2 Å². The van der Waals surface area contributed by atoms with Crippen LogP contribution in [0.5, 0.6) is 5.75 Å². The van der Waals surface area contributed by atoms with Crippen molar-refractivity contribution in [3.05, 3.63) is 89.6 Å². The Labute approximate surface area is 174 Å². The number of ether oxygens (including phenoxy) is 1. The van der Waals surface area contributed by atoms with Crippen LogP contribution in [0.1, 0.15) is 15.9 Å². The van der Waals surface area contributed by atoms with E-state index in [1.807, 2.05) is 30.3 Å². The molecule has 6 nitrogen and oxygen atoms in total. The summed E-state index contributed by atoms with van der Waals surface area (Å²) < 4.78 is 31.8. The van der Waals surface area contributed by atoms with Gasteiger partial charge in [-0.25, -0.2) is 8.42 Å². The number of carbonyl (C=O) groups excluding carboxylic acids is 1. The average Bonchev–Trinajstić information content (AvgIpc) is 2.78. The van der Waals surface area contributed by atoms with Gasteiger partial charge >= 0.3 is 0 Å². The minimum Gasteiger partial charge on any atom is -0.505 e. The number of benzene rings is 3. The Bertz CT molecular complexity index is 1290. The van der Waals surface area contributed by atoms with Crippen LogP contribution >= 0.6 is 0 Å². The van der Waals surface area contributed by atoms with Crippen LogP contribution in [-0.4, -0.2) is 37.8 Å². The van der Waals surface area contributed by atoms with Crippen LogP contribution in [0.3, 0.4) is 0 Å². The Morgan fingerprint density at radius 1 is 0.933 bits per heavy atom. The fraction of sp³-hybridized carbons (Fsp3) is 0.0870. The summed E-state index contributed by atoms with van der Waals surface area (Å²) in [5, 5.41) is 10.9. The highest BCUT2D eigenvalue weighted by molar-refractivity contribution is 7.89. The molecule has 3 aromatic carbocycles. The van der Waals surface area contributed by atoms with Crippen molar-refractivity contribution in [1.82, 2.24) is 4.31 Å². The van der Waals surface area contributed by atoms with Crippen LogP contribution in [0.4, 0.5) is 0 Å². The molecule has 0 unspecified atom stereocenters. The van der Waals surface area contributed by atoms with Crippen molar-refractivity contribution >= 4 is 21.6 Å².